The molecule has 0 amide bonds. The van der Waals surface area contributed by atoms with Gasteiger partial charge in [0.05, 0.1) is 19.3 Å². The third-order valence-corrected chi connectivity index (χ3v) is 2.67. The van der Waals surface area contributed by atoms with Crippen LogP contribution in [0.15, 0.2) is 24.3 Å². The normalized spacial score (nSPS) is 12.7. The van der Waals surface area contributed by atoms with Crippen molar-refractivity contribution >= 4 is 0 Å². The first-order valence-electron chi connectivity index (χ1n) is 5.71. The van der Waals surface area contributed by atoms with Crippen LogP contribution in [0.5, 0.6) is 0 Å². The summed E-state index contributed by atoms with van der Waals surface area (Å²) in [5.41, 5.74) is 2.64. The van der Waals surface area contributed by atoms with Gasteiger partial charge in [0.1, 0.15) is 0 Å². The van der Waals surface area contributed by atoms with Crippen molar-refractivity contribution in [2.24, 2.45) is 0 Å². The van der Waals surface area contributed by atoms with E-state index in [2.05, 4.69) is 30.4 Å². The molecule has 2 N–H and O–H groups in total. The fourth-order valence-electron chi connectivity index (χ4n) is 1.71. The Bertz CT molecular complexity index is 302. The molecule has 3 heteroatoms. The maximum atomic E-state index is 9.12. The monoisotopic (exact) mass is 223 g/mol. The number of hydrogen-bond acceptors (Lipinski definition) is 3. The summed E-state index contributed by atoms with van der Waals surface area (Å²) < 4.78 is 5.02. The number of hydrogen-bond donors (Lipinski definition) is 2. The van der Waals surface area contributed by atoms with Gasteiger partial charge in [0, 0.05) is 13.7 Å². The molecular formula is C13H21NO2. The Morgan fingerprint density at radius 2 is 2.00 bits per heavy atom. The predicted octanol–water partition coefficient (Wildman–Crippen LogP) is 1.35. The van der Waals surface area contributed by atoms with Crippen LogP contribution in [0.25, 0.3) is 0 Å². The van der Waals surface area contributed by atoms with E-state index in [1.807, 2.05) is 6.07 Å². The molecule has 0 fully saturated rings. The summed E-state index contributed by atoms with van der Waals surface area (Å²) in [4.78, 5) is 0. The van der Waals surface area contributed by atoms with Crippen LogP contribution in [0.1, 0.15) is 18.1 Å². The highest BCUT2D eigenvalue weighted by molar-refractivity contribution is 5.26. The zero-order valence-electron chi connectivity index (χ0n) is 10.1. The van der Waals surface area contributed by atoms with Crippen LogP contribution in [0.3, 0.4) is 0 Å². The lowest BCUT2D eigenvalue weighted by molar-refractivity contribution is 0.128. The van der Waals surface area contributed by atoms with E-state index in [4.69, 9.17) is 9.84 Å². The topological polar surface area (TPSA) is 41.5 Å². The number of aryl methyl sites for hydroxylation is 1. The highest BCUT2D eigenvalue weighted by Gasteiger charge is 2.07. The number of benzene rings is 1. The largest absolute Gasteiger partial charge is 0.395 e. The van der Waals surface area contributed by atoms with Gasteiger partial charge < -0.3 is 15.2 Å². The lowest BCUT2D eigenvalue weighted by Crippen LogP contribution is -2.36. The van der Waals surface area contributed by atoms with Crippen molar-refractivity contribution in [3.8, 4) is 0 Å². The molecule has 0 heterocycles. The molecule has 0 saturated heterocycles. The minimum Gasteiger partial charge on any atom is -0.395 e. The van der Waals surface area contributed by atoms with Crippen molar-refractivity contribution in [1.82, 2.24) is 5.32 Å². The van der Waals surface area contributed by atoms with E-state index in [1.54, 1.807) is 7.11 Å². The Morgan fingerprint density at radius 3 is 2.56 bits per heavy atom. The Balaban J connectivity index is 2.52. The van der Waals surface area contributed by atoms with Crippen molar-refractivity contribution in [2.45, 2.75) is 25.9 Å². The summed E-state index contributed by atoms with van der Waals surface area (Å²) in [6, 6.07) is 8.37. The van der Waals surface area contributed by atoms with Crippen molar-refractivity contribution < 1.29 is 9.84 Å². The van der Waals surface area contributed by atoms with Crippen molar-refractivity contribution in [1.29, 1.82) is 0 Å². The average molecular weight is 223 g/mol. The first-order chi connectivity index (χ1) is 7.81. The zero-order chi connectivity index (χ0) is 11.8. The lowest BCUT2D eigenvalue weighted by Gasteiger charge is -2.16. The van der Waals surface area contributed by atoms with Crippen LogP contribution >= 0.6 is 0 Å². The average Bonchev–Trinajstić information content (AvgIpc) is 2.34. The summed E-state index contributed by atoms with van der Waals surface area (Å²) in [6.07, 6.45) is 1.03. The maximum Gasteiger partial charge on any atom is 0.0638 e. The second-order valence-corrected chi connectivity index (χ2v) is 3.84. The molecule has 0 aromatic heterocycles. The van der Waals surface area contributed by atoms with E-state index in [1.165, 1.54) is 11.1 Å². The Kier molecular flexibility index (Phi) is 6.08. The minimum atomic E-state index is 0.00918. The predicted molar refractivity (Wildman–Crippen MR) is 65.4 cm³/mol. The van der Waals surface area contributed by atoms with Gasteiger partial charge in [-0.25, -0.2) is 0 Å². The number of nitrogens with one attached hydrogen (secondary N) is 1. The summed E-state index contributed by atoms with van der Waals surface area (Å²) in [6.45, 7) is 3.56. The Morgan fingerprint density at radius 1 is 1.31 bits per heavy atom. The third-order valence-electron chi connectivity index (χ3n) is 2.67. The van der Waals surface area contributed by atoms with Gasteiger partial charge in [0.25, 0.3) is 0 Å². The van der Waals surface area contributed by atoms with Gasteiger partial charge in [-0.1, -0.05) is 31.2 Å². The van der Waals surface area contributed by atoms with E-state index in [0.29, 0.717) is 6.61 Å². The zero-order valence-corrected chi connectivity index (χ0v) is 10.1. The number of methoxy groups -OCH3 is 1. The van der Waals surface area contributed by atoms with Crippen LogP contribution in [-0.2, 0) is 17.7 Å². The van der Waals surface area contributed by atoms with Crippen molar-refractivity contribution in [3.63, 3.8) is 0 Å². The van der Waals surface area contributed by atoms with Gasteiger partial charge >= 0.3 is 0 Å². The lowest BCUT2D eigenvalue weighted by atomic mass is 10.1. The van der Waals surface area contributed by atoms with Gasteiger partial charge in [-0.2, -0.15) is 0 Å². The quantitative estimate of drug-likeness (QED) is 0.733. The van der Waals surface area contributed by atoms with Crippen LogP contribution in [0.4, 0.5) is 0 Å². The van der Waals surface area contributed by atoms with E-state index < -0.39 is 0 Å². The molecule has 1 atom stereocenters. The van der Waals surface area contributed by atoms with E-state index in [-0.39, 0.29) is 12.6 Å². The molecule has 90 valence electrons. The van der Waals surface area contributed by atoms with Gasteiger partial charge in [0.2, 0.25) is 0 Å². The smallest absolute Gasteiger partial charge is 0.0638 e. The summed E-state index contributed by atoms with van der Waals surface area (Å²) in [5.74, 6) is 0. The Hall–Kier alpha value is -0.900. The van der Waals surface area contributed by atoms with Crippen LogP contribution in [-0.4, -0.2) is 31.5 Å². The van der Waals surface area contributed by atoms with Crippen LogP contribution in [0.2, 0.25) is 0 Å². The van der Waals surface area contributed by atoms with E-state index in [0.717, 1.165) is 13.0 Å². The minimum absolute atomic E-state index is 0.00918. The van der Waals surface area contributed by atoms with E-state index in [9.17, 15) is 0 Å². The molecule has 3 nitrogen and oxygen atoms in total. The molecule has 0 bridgehead atoms. The van der Waals surface area contributed by atoms with Crippen LogP contribution in [0, 0.1) is 0 Å². The molecule has 1 aromatic rings. The molecule has 0 saturated carbocycles. The second kappa shape index (κ2) is 7.39. The first-order valence-corrected chi connectivity index (χ1v) is 5.71. The maximum absolute atomic E-state index is 9.12. The van der Waals surface area contributed by atoms with Gasteiger partial charge in [-0.3, -0.25) is 0 Å². The molecule has 16 heavy (non-hydrogen) atoms. The third kappa shape index (κ3) is 3.93. The van der Waals surface area contributed by atoms with Crippen molar-refractivity contribution in [2.75, 3.05) is 20.3 Å². The van der Waals surface area contributed by atoms with Gasteiger partial charge in [-0.05, 0) is 17.5 Å². The van der Waals surface area contributed by atoms with Gasteiger partial charge in [0.15, 0.2) is 0 Å². The summed E-state index contributed by atoms with van der Waals surface area (Å²) >= 11 is 0. The first kappa shape index (κ1) is 13.2. The van der Waals surface area contributed by atoms with Crippen LogP contribution < -0.4 is 5.32 Å². The molecule has 0 aliphatic carbocycles. The fourth-order valence-corrected chi connectivity index (χ4v) is 1.71. The molecule has 0 radical (unpaired) electrons. The number of aliphatic hydroxyl groups excluding tert-OH is 1. The number of rotatable bonds is 7. The molecule has 1 aromatic carbocycles. The molecule has 1 unspecified atom stereocenters. The highest BCUT2D eigenvalue weighted by Crippen LogP contribution is 2.09. The molecule has 1 rings (SSSR count). The SMILES string of the molecule is CCc1ccccc1CNC(CO)COC. The Labute approximate surface area is 97.4 Å². The molecule has 0 aliphatic heterocycles. The summed E-state index contributed by atoms with van der Waals surface area (Å²) in [7, 11) is 1.64. The second-order valence-electron chi connectivity index (χ2n) is 3.84. The number of ether oxygens (including phenoxy) is 1. The van der Waals surface area contributed by atoms with E-state index >= 15 is 0 Å². The molecular weight excluding hydrogens is 202 g/mol. The highest BCUT2D eigenvalue weighted by atomic mass is 16.5. The molecule has 0 spiro atoms. The number of aliphatic hydroxyl groups is 1. The standard InChI is InChI=1S/C13H21NO2/c1-3-11-6-4-5-7-12(11)8-14-13(9-15)10-16-2/h4-7,13-15H,3,8-10H2,1-2H3. The van der Waals surface area contributed by atoms with Crippen molar-refractivity contribution in [3.05, 3.63) is 35.4 Å². The fraction of sp³-hybridized carbons (Fsp3) is 0.538. The van der Waals surface area contributed by atoms with Gasteiger partial charge in [-0.15, -0.1) is 0 Å². The molecule has 0 aliphatic rings. The summed E-state index contributed by atoms with van der Waals surface area (Å²) in [5, 5.41) is 12.4.